The van der Waals surface area contributed by atoms with Crippen LogP contribution < -0.4 is 20.9 Å². The van der Waals surface area contributed by atoms with Gasteiger partial charge in [-0.3, -0.25) is 14.6 Å². The van der Waals surface area contributed by atoms with E-state index in [4.69, 9.17) is 9.84 Å². The lowest BCUT2D eigenvalue weighted by Crippen LogP contribution is -2.34. The van der Waals surface area contributed by atoms with E-state index in [1.165, 1.54) is 24.2 Å². The molecule has 0 saturated heterocycles. The van der Waals surface area contributed by atoms with E-state index in [0.29, 0.717) is 40.3 Å². The molecule has 7 rings (SSSR count). The second-order valence-electron chi connectivity index (χ2n) is 9.34. The Labute approximate surface area is 208 Å². The van der Waals surface area contributed by atoms with Gasteiger partial charge in [0.1, 0.15) is 21.3 Å². The second kappa shape index (κ2) is 8.42. The third-order valence-corrected chi connectivity index (χ3v) is 8.03. The van der Waals surface area contributed by atoms with Crippen molar-refractivity contribution in [3.8, 4) is 16.3 Å². The van der Waals surface area contributed by atoms with Crippen molar-refractivity contribution in [2.45, 2.75) is 44.7 Å². The Morgan fingerprint density at radius 2 is 2.11 bits per heavy atom. The summed E-state index contributed by atoms with van der Waals surface area (Å²) >= 11 is 1.47. The summed E-state index contributed by atoms with van der Waals surface area (Å²) in [6.45, 7) is 1.75. The number of H-pyrrole nitrogens is 1. The van der Waals surface area contributed by atoms with Crippen LogP contribution in [0.15, 0.2) is 29.5 Å². The molecule has 0 unspecified atom stereocenters. The number of carbonyl (C=O) groups excluding carboxylic acids is 1. The lowest BCUT2D eigenvalue weighted by Gasteiger charge is -2.15. The molecule has 6 heterocycles. The van der Waals surface area contributed by atoms with E-state index in [1.807, 2.05) is 10.9 Å². The SMILES string of the molecule is O=C(CNC1CCCC1)Nc1cnc2c(c1)[nH]c(=O)c1c2nn2cc(-c3cnn4c3OCCC4)sc12. The number of nitrogens with one attached hydrogen (secondary N) is 3. The average molecular weight is 505 g/mol. The quantitative estimate of drug-likeness (QED) is 0.335. The van der Waals surface area contributed by atoms with Gasteiger partial charge in [-0.1, -0.05) is 12.8 Å². The predicted octanol–water partition coefficient (Wildman–Crippen LogP) is 2.90. The van der Waals surface area contributed by atoms with E-state index in [0.717, 1.165) is 47.0 Å². The third kappa shape index (κ3) is 3.56. The molecule has 11 nitrogen and oxygen atoms in total. The number of nitrogens with zero attached hydrogens (tertiary/aromatic N) is 5. The Bertz CT molecular complexity index is 1690. The zero-order valence-electron chi connectivity index (χ0n) is 19.4. The van der Waals surface area contributed by atoms with Gasteiger partial charge in [0.2, 0.25) is 11.8 Å². The number of pyridine rings is 2. The predicted molar refractivity (Wildman–Crippen MR) is 137 cm³/mol. The fourth-order valence-electron chi connectivity index (χ4n) is 5.15. The summed E-state index contributed by atoms with van der Waals surface area (Å²) in [7, 11) is 0. The van der Waals surface area contributed by atoms with Crippen LogP contribution >= 0.6 is 11.3 Å². The van der Waals surface area contributed by atoms with Crippen molar-refractivity contribution in [1.82, 2.24) is 34.7 Å². The average Bonchev–Trinajstić information content (AvgIpc) is 3.65. The summed E-state index contributed by atoms with van der Waals surface area (Å²) < 4.78 is 9.42. The number of anilines is 1. The number of rotatable bonds is 5. The number of hydrogen-bond acceptors (Lipinski definition) is 8. The molecule has 0 spiro atoms. The molecule has 0 aromatic carbocycles. The molecule has 1 fully saturated rings. The van der Waals surface area contributed by atoms with Gasteiger partial charge in [0.15, 0.2) is 0 Å². The number of ether oxygens (including phenoxy) is 1. The van der Waals surface area contributed by atoms with Crippen LogP contribution in [0.25, 0.3) is 37.2 Å². The molecule has 0 bridgehead atoms. The first-order chi connectivity index (χ1) is 17.6. The molecular formula is C24H24N8O3S. The molecule has 5 aromatic heterocycles. The van der Waals surface area contributed by atoms with E-state index in [9.17, 15) is 9.59 Å². The highest BCUT2D eigenvalue weighted by molar-refractivity contribution is 7.21. The van der Waals surface area contributed by atoms with Crippen molar-refractivity contribution in [3.63, 3.8) is 0 Å². The molecule has 36 heavy (non-hydrogen) atoms. The number of fused-ring (bicyclic) bond motifs is 6. The lowest BCUT2D eigenvalue weighted by molar-refractivity contribution is -0.115. The first-order valence-electron chi connectivity index (χ1n) is 12.2. The maximum absolute atomic E-state index is 13.1. The van der Waals surface area contributed by atoms with Crippen molar-refractivity contribution in [1.29, 1.82) is 0 Å². The Balaban J connectivity index is 1.20. The Morgan fingerprint density at radius 1 is 1.22 bits per heavy atom. The maximum Gasteiger partial charge on any atom is 0.261 e. The molecule has 0 atom stereocenters. The molecule has 0 radical (unpaired) electrons. The summed E-state index contributed by atoms with van der Waals surface area (Å²) in [6.07, 6.45) is 10.9. The van der Waals surface area contributed by atoms with Gasteiger partial charge in [0.05, 0.1) is 47.2 Å². The van der Waals surface area contributed by atoms with Crippen molar-refractivity contribution in [2.24, 2.45) is 0 Å². The summed E-state index contributed by atoms with van der Waals surface area (Å²) in [5.41, 5.74) is 2.82. The highest BCUT2D eigenvalue weighted by atomic mass is 32.1. The van der Waals surface area contributed by atoms with Gasteiger partial charge in [-0.05, 0) is 18.9 Å². The van der Waals surface area contributed by atoms with Crippen LogP contribution in [0.3, 0.4) is 0 Å². The van der Waals surface area contributed by atoms with Gasteiger partial charge in [0.25, 0.3) is 5.56 Å². The molecule has 2 aliphatic rings. The summed E-state index contributed by atoms with van der Waals surface area (Å²) in [6, 6.07) is 2.14. The topological polar surface area (TPSA) is 131 Å². The van der Waals surface area contributed by atoms with Crippen LogP contribution in [-0.2, 0) is 11.3 Å². The monoisotopic (exact) mass is 504 g/mol. The van der Waals surface area contributed by atoms with Crippen molar-refractivity contribution >= 4 is 49.7 Å². The highest BCUT2D eigenvalue weighted by Gasteiger charge is 2.22. The zero-order valence-corrected chi connectivity index (χ0v) is 20.2. The molecule has 184 valence electrons. The lowest BCUT2D eigenvalue weighted by atomic mass is 10.2. The van der Waals surface area contributed by atoms with Crippen molar-refractivity contribution < 1.29 is 9.53 Å². The zero-order chi connectivity index (χ0) is 24.2. The van der Waals surface area contributed by atoms with Crippen LogP contribution in [0.4, 0.5) is 5.69 Å². The van der Waals surface area contributed by atoms with Crippen LogP contribution in [0.1, 0.15) is 32.1 Å². The number of amides is 1. The molecule has 12 heteroatoms. The van der Waals surface area contributed by atoms with Gasteiger partial charge < -0.3 is 20.4 Å². The van der Waals surface area contributed by atoms with Crippen molar-refractivity contribution in [2.75, 3.05) is 18.5 Å². The van der Waals surface area contributed by atoms with Crippen molar-refractivity contribution in [3.05, 3.63) is 35.0 Å². The Kier molecular flexibility index (Phi) is 5.03. The van der Waals surface area contributed by atoms with E-state index < -0.39 is 0 Å². The summed E-state index contributed by atoms with van der Waals surface area (Å²) in [5, 5.41) is 15.8. The number of hydrogen-bond donors (Lipinski definition) is 3. The first-order valence-corrected chi connectivity index (χ1v) is 13.0. The molecule has 1 aliphatic heterocycles. The third-order valence-electron chi connectivity index (χ3n) is 6.90. The number of aromatic nitrogens is 6. The van der Waals surface area contributed by atoms with Crippen LogP contribution in [0.2, 0.25) is 0 Å². The van der Waals surface area contributed by atoms with Crippen LogP contribution in [0, 0.1) is 0 Å². The normalized spacial score (nSPS) is 16.1. The Hall–Kier alpha value is -3.77. The number of aromatic amines is 1. The smallest absolute Gasteiger partial charge is 0.261 e. The fourth-order valence-corrected chi connectivity index (χ4v) is 6.24. The highest BCUT2D eigenvalue weighted by Crippen LogP contribution is 2.38. The van der Waals surface area contributed by atoms with E-state index in [2.05, 4.69) is 25.7 Å². The molecule has 3 N–H and O–H groups in total. The number of thiazole rings is 1. The fraction of sp³-hybridized carbons (Fsp3) is 0.375. The van der Waals surface area contributed by atoms with E-state index >= 15 is 0 Å². The van der Waals surface area contributed by atoms with Gasteiger partial charge in [0, 0.05) is 25.2 Å². The molecular weight excluding hydrogens is 480 g/mol. The van der Waals surface area contributed by atoms with Gasteiger partial charge in [-0.25, -0.2) is 9.20 Å². The van der Waals surface area contributed by atoms with E-state index in [1.54, 1.807) is 23.0 Å². The summed E-state index contributed by atoms with van der Waals surface area (Å²) in [5.74, 6) is 0.622. The minimum absolute atomic E-state index is 0.132. The summed E-state index contributed by atoms with van der Waals surface area (Å²) in [4.78, 5) is 34.6. The number of carbonyl (C=O) groups is 1. The minimum atomic E-state index is -0.248. The second-order valence-corrected chi connectivity index (χ2v) is 10.4. The van der Waals surface area contributed by atoms with Gasteiger partial charge in [-0.2, -0.15) is 10.2 Å². The molecule has 1 saturated carbocycles. The minimum Gasteiger partial charge on any atom is -0.477 e. The molecule has 1 amide bonds. The molecule has 1 aliphatic carbocycles. The van der Waals surface area contributed by atoms with Crippen LogP contribution in [0.5, 0.6) is 5.88 Å². The largest absolute Gasteiger partial charge is 0.477 e. The number of aryl methyl sites for hydroxylation is 1. The Morgan fingerprint density at radius 3 is 3.00 bits per heavy atom. The standard InChI is InChI=1S/C24H24N8O3S/c33-18(11-25-13-4-1-2-5-13)28-14-8-16-20(26-9-14)21-19(22(34)29-16)24-32(30-21)12-17(36-24)15-10-27-31-6-3-7-35-23(15)31/h8-10,12-13,25H,1-7,11H2,(H,28,33)(H,29,34). The van der Waals surface area contributed by atoms with Gasteiger partial charge >= 0.3 is 0 Å². The first kappa shape index (κ1) is 21.5. The molecule has 5 aromatic rings. The maximum atomic E-state index is 13.1. The van der Waals surface area contributed by atoms with E-state index in [-0.39, 0.29) is 18.0 Å². The van der Waals surface area contributed by atoms with Gasteiger partial charge in [-0.15, -0.1) is 11.3 Å². The van der Waals surface area contributed by atoms with Crippen LogP contribution in [-0.4, -0.2) is 54.5 Å².